The number of likely N-dealkylation sites (tertiary alicyclic amines) is 1. The van der Waals surface area contributed by atoms with Crippen molar-refractivity contribution in [1.82, 2.24) is 15.5 Å². The Morgan fingerprint density at radius 1 is 1.15 bits per heavy atom. The Labute approximate surface area is 209 Å². The maximum atomic E-state index is 14.6. The SMILES string of the molecule is CCNC(C)(C)C(=O)NCC1(O)CN(C(=O)c2ccc(F)c(F)c2Nc2ccc(I)cc2F)C1. The first-order chi connectivity index (χ1) is 15.9. The van der Waals surface area contributed by atoms with Crippen LogP contribution < -0.4 is 16.0 Å². The van der Waals surface area contributed by atoms with Gasteiger partial charge >= 0.3 is 0 Å². The predicted molar refractivity (Wildman–Crippen MR) is 130 cm³/mol. The van der Waals surface area contributed by atoms with Gasteiger partial charge in [-0.25, -0.2) is 13.2 Å². The van der Waals surface area contributed by atoms with Crippen LogP contribution in [0.15, 0.2) is 30.3 Å². The molecule has 11 heteroatoms. The lowest BCUT2D eigenvalue weighted by atomic mass is 9.92. The molecule has 0 saturated carbocycles. The van der Waals surface area contributed by atoms with Gasteiger partial charge in [-0.1, -0.05) is 6.92 Å². The summed E-state index contributed by atoms with van der Waals surface area (Å²) in [6, 6.07) is 6.06. The summed E-state index contributed by atoms with van der Waals surface area (Å²) in [5.41, 5.74) is -3.02. The van der Waals surface area contributed by atoms with Crippen LogP contribution >= 0.6 is 22.6 Å². The number of carbonyl (C=O) groups excluding carboxylic acids is 2. The topological polar surface area (TPSA) is 93.7 Å². The highest BCUT2D eigenvalue weighted by Gasteiger charge is 2.45. The standard InChI is InChI=1S/C23H26F3IN4O3/c1-4-29-22(2,3)21(33)28-10-23(34)11-31(12-23)20(32)14-6-7-15(24)18(26)19(14)30-17-8-5-13(27)9-16(17)25/h5-9,29-30,34H,4,10-12H2,1-3H3,(H,28,33). The number of anilines is 2. The molecule has 0 unspecified atom stereocenters. The summed E-state index contributed by atoms with van der Waals surface area (Å²) >= 11 is 1.91. The van der Waals surface area contributed by atoms with Crippen LogP contribution in [0, 0.1) is 21.0 Å². The van der Waals surface area contributed by atoms with E-state index in [-0.39, 0.29) is 36.8 Å². The lowest BCUT2D eigenvalue weighted by Gasteiger charge is -2.46. The number of hydrogen-bond acceptors (Lipinski definition) is 5. The molecule has 1 aliphatic heterocycles. The van der Waals surface area contributed by atoms with Gasteiger partial charge in [-0.05, 0) is 73.3 Å². The van der Waals surface area contributed by atoms with Crippen LogP contribution in [-0.2, 0) is 4.79 Å². The van der Waals surface area contributed by atoms with E-state index in [0.717, 1.165) is 12.1 Å². The summed E-state index contributed by atoms with van der Waals surface area (Å²) in [6.45, 7) is 5.55. The van der Waals surface area contributed by atoms with Gasteiger partial charge in [0.2, 0.25) is 5.91 Å². The maximum absolute atomic E-state index is 14.6. The summed E-state index contributed by atoms with van der Waals surface area (Å²) in [5, 5.41) is 18.8. The van der Waals surface area contributed by atoms with Crippen LogP contribution in [0.5, 0.6) is 0 Å². The van der Waals surface area contributed by atoms with Crippen molar-refractivity contribution in [3.05, 3.63) is 56.9 Å². The molecule has 4 N–H and O–H groups in total. The number of rotatable bonds is 8. The van der Waals surface area contributed by atoms with E-state index in [2.05, 4.69) is 16.0 Å². The van der Waals surface area contributed by atoms with E-state index in [1.165, 1.54) is 17.0 Å². The second kappa shape index (κ2) is 10.1. The molecule has 3 rings (SSSR count). The molecule has 1 aliphatic rings. The molecule has 34 heavy (non-hydrogen) atoms. The molecule has 2 aromatic carbocycles. The van der Waals surface area contributed by atoms with Crippen molar-refractivity contribution in [3.63, 3.8) is 0 Å². The van der Waals surface area contributed by atoms with E-state index in [1.807, 2.05) is 29.5 Å². The fraction of sp³-hybridized carbons (Fsp3) is 0.391. The van der Waals surface area contributed by atoms with E-state index in [0.29, 0.717) is 10.1 Å². The van der Waals surface area contributed by atoms with E-state index in [1.54, 1.807) is 19.9 Å². The van der Waals surface area contributed by atoms with Crippen molar-refractivity contribution >= 4 is 45.8 Å². The van der Waals surface area contributed by atoms with E-state index >= 15 is 0 Å². The van der Waals surface area contributed by atoms with Gasteiger partial charge in [0.05, 0.1) is 35.6 Å². The fourth-order valence-corrected chi connectivity index (χ4v) is 4.11. The molecular weight excluding hydrogens is 564 g/mol. The molecule has 0 atom stereocenters. The largest absolute Gasteiger partial charge is 0.384 e. The van der Waals surface area contributed by atoms with Crippen molar-refractivity contribution in [1.29, 1.82) is 0 Å². The number of hydrogen-bond donors (Lipinski definition) is 4. The lowest BCUT2D eigenvalue weighted by Crippen LogP contribution is -2.68. The minimum absolute atomic E-state index is 0.0822. The molecule has 0 bridgehead atoms. The normalized spacial score (nSPS) is 15.0. The second-order valence-corrected chi connectivity index (χ2v) is 10.0. The van der Waals surface area contributed by atoms with Gasteiger partial charge in [0.15, 0.2) is 11.6 Å². The highest BCUT2D eigenvalue weighted by Crippen LogP contribution is 2.31. The number of amides is 2. The van der Waals surface area contributed by atoms with Crippen molar-refractivity contribution in [2.75, 3.05) is 31.5 Å². The fourth-order valence-electron chi connectivity index (χ4n) is 3.65. The van der Waals surface area contributed by atoms with Gasteiger partial charge in [0.1, 0.15) is 11.4 Å². The second-order valence-electron chi connectivity index (χ2n) is 8.76. The molecule has 2 amide bonds. The third kappa shape index (κ3) is 5.63. The van der Waals surface area contributed by atoms with Crippen LogP contribution in [-0.4, -0.2) is 59.1 Å². The Morgan fingerprint density at radius 2 is 1.82 bits per heavy atom. The quantitative estimate of drug-likeness (QED) is 0.355. The lowest BCUT2D eigenvalue weighted by molar-refractivity contribution is -0.130. The van der Waals surface area contributed by atoms with Gasteiger partial charge < -0.3 is 26.0 Å². The minimum Gasteiger partial charge on any atom is -0.384 e. The number of likely N-dealkylation sites (N-methyl/N-ethyl adjacent to an activating group) is 1. The minimum atomic E-state index is -1.36. The Bertz CT molecular complexity index is 1110. The third-order valence-corrected chi connectivity index (χ3v) is 6.21. The predicted octanol–water partition coefficient (Wildman–Crippen LogP) is 3.14. The molecular formula is C23H26F3IN4O3. The van der Waals surface area contributed by atoms with Crippen LogP contribution in [0.4, 0.5) is 24.5 Å². The number of carbonyl (C=O) groups is 2. The van der Waals surface area contributed by atoms with Gasteiger partial charge in [-0.15, -0.1) is 0 Å². The van der Waals surface area contributed by atoms with Crippen molar-refractivity contribution in [2.24, 2.45) is 0 Å². The Kier molecular flexibility index (Phi) is 7.78. The number of nitrogens with zero attached hydrogens (tertiary/aromatic N) is 1. The number of nitrogens with one attached hydrogen (secondary N) is 3. The highest BCUT2D eigenvalue weighted by molar-refractivity contribution is 14.1. The van der Waals surface area contributed by atoms with Crippen LogP contribution in [0.2, 0.25) is 0 Å². The summed E-state index contributed by atoms with van der Waals surface area (Å²) in [5.74, 6) is -4.19. The summed E-state index contributed by atoms with van der Waals surface area (Å²) in [6.07, 6.45) is 0. The average Bonchev–Trinajstić information content (AvgIpc) is 2.74. The molecule has 0 aliphatic carbocycles. The number of halogens is 4. The van der Waals surface area contributed by atoms with E-state index < -0.39 is 40.2 Å². The van der Waals surface area contributed by atoms with Crippen LogP contribution in [0.1, 0.15) is 31.1 Å². The first kappa shape index (κ1) is 26.2. The zero-order valence-corrected chi connectivity index (χ0v) is 21.1. The van der Waals surface area contributed by atoms with Crippen LogP contribution in [0.3, 0.4) is 0 Å². The van der Waals surface area contributed by atoms with E-state index in [4.69, 9.17) is 0 Å². The van der Waals surface area contributed by atoms with Gasteiger partial charge in [0.25, 0.3) is 5.91 Å². The highest BCUT2D eigenvalue weighted by atomic mass is 127. The molecule has 7 nitrogen and oxygen atoms in total. The zero-order chi connectivity index (χ0) is 25.3. The van der Waals surface area contributed by atoms with Crippen molar-refractivity contribution < 1.29 is 27.9 Å². The van der Waals surface area contributed by atoms with Gasteiger partial charge in [-0.3, -0.25) is 9.59 Å². The Morgan fingerprint density at radius 3 is 2.44 bits per heavy atom. The summed E-state index contributed by atoms with van der Waals surface area (Å²) in [4.78, 5) is 26.6. The smallest absolute Gasteiger partial charge is 0.256 e. The molecule has 1 fully saturated rings. The van der Waals surface area contributed by atoms with Gasteiger partial charge in [0, 0.05) is 10.1 Å². The monoisotopic (exact) mass is 590 g/mol. The molecule has 0 radical (unpaired) electrons. The first-order valence-electron chi connectivity index (χ1n) is 10.6. The first-order valence-corrected chi connectivity index (χ1v) is 11.7. The average molecular weight is 590 g/mol. The Balaban J connectivity index is 1.72. The summed E-state index contributed by atoms with van der Waals surface area (Å²) < 4.78 is 43.4. The van der Waals surface area contributed by atoms with Crippen LogP contribution in [0.25, 0.3) is 0 Å². The molecule has 0 aromatic heterocycles. The molecule has 1 saturated heterocycles. The number of β-amino-alcohol motifs (C(OH)–C–C–N with tert-alkyl or cyclic N) is 1. The molecule has 184 valence electrons. The third-order valence-electron chi connectivity index (χ3n) is 5.54. The van der Waals surface area contributed by atoms with Gasteiger partial charge in [-0.2, -0.15) is 0 Å². The zero-order valence-electron chi connectivity index (χ0n) is 18.9. The maximum Gasteiger partial charge on any atom is 0.256 e. The van der Waals surface area contributed by atoms with Crippen molar-refractivity contribution in [3.8, 4) is 0 Å². The number of benzene rings is 2. The molecule has 0 spiro atoms. The Hall–Kier alpha value is -2.38. The molecule has 2 aromatic rings. The van der Waals surface area contributed by atoms with Crippen molar-refractivity contribution in [2.45, 2.75) is 31.9 Å². The van der Waals surface area contributed by atoms with E-state index in [9.17, 15) is 27.9 Å². The summed E-state index contributed by atoms with van der Waals surface area (Å²) in [7, 11) is 0. The molecule has 1 heterocycles. The number of aliphatic hydroxyl groups is 1.